The molecule has 64 valence electrons. The smallest absolute Gasteiger partial charge is 0.0452 e. The highest BCUT2D eigenvalue weighted by atomic mass is 32.2. The number of nitrogens with two attached hydrogens (primary N) is 1. The summed E-state index contributed by atoms with van der Waals surface area (Å²) in [6, 6.07) is 6.07. The summed E-state index contributed by atoms with van der Waals surface area (Å²) in [6.07, 6.45) is 1.88. The molecular formula is C10H13NS. The SMILES string of the molecule is C=CCSc1cc(C)ccc1N. The van der Waals surface area contributed by atoms with Gasteiger partial charge in [0.2, 0.25) is 0 Å². The van der Waals surface area contributed by atoms with E-state index in [0.717, 1.165) is 16.3 Å². The van der Waals surface area contributed by atoms with Gasteiger partial charge < -0.3 is 5.73 Å². The summed E-state index contributed by atoms with van der Waals surface area (Å²) >= 11 is 1.72. The Kier molecular flexibility index (Phi) is 3.23. The normalized spacial score (nSPS) is 9.75. The van der Waals surface area contributed by atoms with Crippen LogP contribution in [0.15, 0.2) is 35.7 Å². The van der Waals surface area contributed by atoms with Crippen LogP contribution in [-0.4, -0.2) is 5.75 Å². The predicted octanol–water partition coefficient (Wildman–Crippen LogP) is 2.86. The molecule has 0 heterocycles. The fourth-order valence-electron chi connectivity index (χ4n) is 0.915. The van der Waals surface area contributed by atoms with E-state index in [9.17, 15) is 0 Å². The van der Waals surface area contributed by atoms with E-state index < -0.39 is 0 Å². The molecule has 12 heavy (non-hydrogen) atoms. The number of rotatable bonds is 3. The number of anilines is 1. The quantitative estimate of drug-likeness (QED) is 0.438. The molecule has 0 saturated heterocycles. The van der Waals surface area contributed by atoms with Gasteiger partial charge in [-0.25, -0.2) is 0 Å². The average Bonchev–Trinajstić information content (AvgIpc) is 2.07. The lowest BCUT2D eigenvalue weighted by molar-refractivity contribution is 1.36. The number of benzene rings is 1. The maximum Gasteiger partial charge on any atom is 0.0452 e. The van der Waals surface area contributed by atoms with Gasteiger partial charge in [-0.05, 0) is 24.6 Å². The number of hydrogen-bond acceptors (Lipinski definition) is 2. The highest BCUT2D eigenvalue weighted by Crippen LogP contribution is 2.25. The zero-order chi connectivity index (χ0) is 8.97. The van der Waals surface area contributed by atoms with Crippen molar-refractivity contribution in [2.75, 3.05) is 11.5 Å². The van der Waals surface area contributed by atoms with Gasteiger partial charge >= 0.3 is 0 Å². The zero-order valence-electron chi connectivity index (χ0n) is 7.21. The van der Waals surface area contributed by atoms with Gasteiger partial charge in [-0.3, -0.25) is 0 Å². The molecule has 1 aromatic carbocycles. The average molecular weight is 179 g/mol. The second-order valence-electron chi connectivity index (χ2n) is 2.64. The molecule has 0 aliphatic carbocycles. The Morgan fingerprint density at radius 2 is 2.33 bits per heavy atom. The third kappa shape index (κ3) is 2.31. The minimum absolute atomic E-state index is 0.854. The molecule has 0 radical (unpaired) electrons. The lowest BCUT2D eigenvalue weighted by Gasteiger charge is -2.03. The molecule has 0 bridgehead atoms. The zero-order valence-corrected chi connectivity index (χ0v) is 8.03. The van der Waals surface area contributed by atoms with Gasteiger partial charge in [0.05, 0.1) is 0 Å². The van der Waals surface area contributed by atoms with Crippen LogP contribution in [0.1, 0.15) is 5.56 Å². The molecule has 0 unspecified atom stereocenters. The van der Waals surface area contributed by atoms with Gasteiger partial charge in [-0.15, -0.1) is 18.3 Å². The van der Waals surface area contributed by atoms with Crippen LogP contribution < -0.4 is 5.73 Å². The summed E-state index contributed by atoms with van der Waals surface area (Å²) in [5.74, 6) is 0.910. The second-order valence-corrected chi connectivity index (χ2v) is 3.70. The Labute approximate surface area is 77.7 Å². The first-order valence-corrected chi connectivity index (χ1v) is 4.82. The Morgan fingerprint density at radius 3 is 3.00 bits per heavy atom. The van der Waals surface area contributed by atoms with Crippen LogP contribution >= 0.6 is 11.8 Å². The molecular weight excluding hydrogens is 166 g/mol. The molecule has 0 amide bonds. The fourth-order valence-corrected chi connectivity index (χ4v) is 1.72. The van der Waals surface area contributed by atoms with Crippen LogP contribution in [0.2, 0.25) is 0 Å². The minimum Gasteiger partial charge on any atom is -0.398 e. The maximum atomic E-state index is 5.78. The highest BCUT2D eigenvalue weighted by molar-refractivity contribution is 7.99. The van der Waals surface area contributed by atoms with E-state index >= 15 is 0 Å². The van der Waals surface area contributed by atoms with Crippen molar-refractivity contribution in [3.05, 3.63) is 36.4 Å². The van der Waals surface area contributed by atoms with Gasteiger partial charge in [0, 0.05) is 16.3 Å². The third-order valence-corrected chi connectivity index (χ3v) is 2.59. The molecule has 0 aromatic heterocycles. The molecule has 2 N–H and O–H groups in total. The monoisotopic (exact) mass is 179 g/mol. The molecule has 0 spiro atoms. The van der Waals surface area contributed by atoms with Gasteiger partial charge in [-0.2, -0.15) is 0 Å². The molecule has 0 aliphatic heterocycles. The molecule has 0 atom stereocenters. The molecule has 0 aliphatic rings. The van der Waals surface area contributed by atoms with Crippen molar-refractivity contribution in [3.63, 3.8) is 0 Å². The second kappa shape index (κ2) is 4.21. The van der Waals surface area contributed by atoms with Crippen molar-refractivity contribution in [1.82, 2.24) is 0 Å². The molecule has 1 nitrogen and oxygen atoms in total. The fraction of sp³-hybridized carbons (Fsp3) is 0.200. The van der Waals surface area contributed by atoms with Crippen LogP contribution in [0.3, 0.4) is 0 Å². The van der Waals surface area contributed by atoms with Gasteiger partial charge in [0.25, 0.3) is 0 Å². The largest absolute Gasteiger partial charge is 0.398 e. The summed E-state index contributed by atoms with van der Waals surface area (Å²) < 4.78 is 0. The van der Waals surface area contributed by atoms with Crippen molar-refractivity contribution in [2.24, 2.45) is 0 Å². The topological polar surface area (TPSA) is 26.0 Å². The van der Waals surface area contributed by atoms with Crippen molar-refractivity contribution >= 4 is 17.4 Å². The molecule has 1 rings (SSSR count). The van der Waals surface area contributed by atoms with Gasteiger partial charge in [-0.1, -0.05) is 12.1 Å². The van der Waals surface area contributed by atoms with Gasteiger partial charge in [0.1, 0.15) is 0 Å². The van der Waals surface area contributed by atoms with Crippen molar-refractivity contribution in [1.29, 1.82) is 0 Å². The Hall–Kier alpha value is -0.890. The van der Waals surface area contributed by atoms with Crippen molar-refractivity contribution < 1.29 is 0 Å². The Bertz CT molecular complexity index is 281. The first-order chi connectivity index (χ1) is 5.74. The maximum absolute atomic E-state index is 5.78. The molecule has 2 heteroatoms. The van der Waals surface area contributed by atoms with E-state index in [1.165, 1.54) is 5.56 Å². The van der Waals surface area contributed by atoms with E-state index in [-0.39, 0.29) is 0 Å². The van der Waals surface area contributed by atoms with Crippen molar-refractivity contribution in [3.8, 4) is 0 Å². The summed E-state index contributed by atoms with van der Waals surface area (Å²) in [5, 5.41) is 0. The first-order valence-electron chi connectivity index (χ1n) is 3.84. The standard InChI is InChI=1S/C10H13NS/c1-3-6-12-10-7-8(2)4-5-9(10)11/h3-5,7H,1,6,11H2,2H3. The molecule has 1 aromatic rings. The van der Waals surface area contributed by atoms with E-state index in [0.29, 0.717) is 0 Å². The summed E-state index contributed by atoms with van der Waals surface area (Å²) in [4.78, 5) is 1.15. The predicted molar refractivity (Wildman–Crippen MR) is 56.5 cm³/mol. The molecule has 0 fully saturated rings. The van der Waals surface area contributed by atoms with Crippen LogP contribution in [-0.2, 0) is 0 Å². The van der Waals surface area contributed by atoms with Crippen LogP contribution in [0.4, 0.5) is 5.69 Å². The lowest BCUT2D eigenvalue weighted by atomic mass is 10.2. The van der Waals surface area contributed by atoms with E-state index in [4.69, 9.17) is 5.73 Å². The van der Waals surface area contributed by atoms with E-state index in [1.54, 1.807) is 11.8 Å². The van der Waals surface area contributed by atoms with Crippen molar-refractivity contribution in [2.45, 2.75) is 11.8 Å². The molecule has 0 saturated carbocycles. The Morgan fingerprint density at radius 1 is 1.58 bits per heavy atom. The number of hydrogen-bond donors (Lipinski definition) is 1. The van der Waals surface area contributed by atoms with E-state index in [2.05, 4.69) is 19.6 Å². The minimum atomic E-state index is 0.854. The summed E-state index contributed by atoms with van der Waals surface area (Å²) in [6.45, 7) is 5.73. The lowest BCUT2D eigenvalue weighted by Crippen LogP contribution is -1.89. The highest BCUT2D eigenvalue weighted by Gasteiger charge is 1.97. The van der Waals surface area contributed by atoms with Crippen LogP contribution in [0.25, 0.3) is 0 Å². The summed E-state index contributed by atoms with van der Waals surface area (Å²) in [7, 11) is 0. The number of nitrogen functional groups attached to an aromatic ring is 1. The third-order valence-electron chi connectivity index (χ3n) is 1.53. The first kappa shape index (κ1) is 9.20. The van der Waals surface area contributed by atoms with Crippen LogP contribution in [0.5, 0.6) is 0 Å². The van der Waals surface area contributed by atoms with E-state index in [1.807, 2.05) is 18.2 Å². The van der Waals surface area contributed by atoms with Gasteiger partial charge in [0.15, 0.2) is 0 Å². The summed E-state index contributed by atoms with van der Waals surface area (Å²) in [5.41, 5.74) is 7.88. The number of aryl methyl sites for hydroxylation is 1. The van der Waals surface area contributed by atoms with Crippen LogP contribution in [0, 0.1) is 6.92 Å². The number of thioether (sulfide) groups is 1. The Balaban J connectivity index is 2.82.